The predicted octanol–water partition coefficient (Wildman–Crippen LogP) is 2.56. The molecule has 4 heterocycles. The van der Waals surface area contributed by atoms with Gasteiger partial charge in [0.1, 0.15) is 0 Å². The molecule has 1 spiro atoms. The van der Waals surface area contributed by atoms with Crippen molar-refractivity contribution >= 4 is 21.9 Å². The highest BCUT2D eigenvalue weighted by molar-refractivity contribution is 7.89. The van der Waals surface area contributed by atoms with Gasteiger partial charge in [-0.3, -0.25) is 9.48 Å². The van der Waals surface area contributed by atoms with E-state index in [1.807, 2.05) is 11.6 Å². The van der Waals surface area contributed by atoms with Crippen LogP contribution in [0, 0.1) is 5.41 Å². The van der Waals surface area contributed by atoms with Crippen LogP contribution in [0.1, 0.15) is 71.1 Å². The minimum atomic E-state index is -3.52. The van der Waals surface area contributed by atoms with E-state index in [2.05, 4.69) is 5.32 Å². The maximum atomic E-state index is 13.0. The van der Waals surface area contributed by atoms with E-state index in [0.717, 1.165) is 43.5 Å². The number of aromatic nitrogens is 2. The summed E-state index contributed by atoms with van der Waals surface area (Å²) < 4.78 is 39.8. The number of rotatable bonds is 8. The molecular formula is C27H36N4O6S. The summed E-state index contributed by atoms with van der Waals surface area (Å²) in [4.78, 5) is 25.7. The standard InChI is InChI=1S/C27H36N4O6S/c1-2-22-24-23(18-27(19-28-25(24)32)10-16-36-17-11-27)31(29-22)14-5-15-37-26(33)20-6-8-21(9-7-20)38(34,35)30-12-3-4-13-30/h6-9H,2-5,10-19H2,1H3,(H,28,32). The van der Waals surface area contributed by atoms with Crippen LogP contribution in [0.15, 0.2) is 29.2 Å². The van der Waals surface area contributed by atoms with E-state index in [-0.39, 0.29) is 22.8 Å². The predicted molar refractivity (Wildman–Crippen MR) is 139 cm³/mol. The zero-order valence-electron chi connectivity index (χ0n) is 21.9. The zero-order chi connectivity index (χ0) is 26.8. The van der Waals surface area contributed by atoms with Crippen LogP contribution in [0.2, 0.25) is 0 Å². The van der Waals surface area contributed by atoms with Crippen molar-refractivity contribution in [3.63, 3.8) is 0 Å². The minimum Gasteiger partial charge on any atom is -0.462 e. The van der Waals surface area contributed by atoms with E-state index in [9.17, 15) is 18.0 Å². The molecule has 2 fully saturated rings. The third-order valence-electron chi connectivity index (χ3n) is 7.95. The highest BCUT2D eigenvalue weighted by Gasteiger charge is 2.39. The Labute approximate surface area is 223 Å². The molecule has 2 saturated heterocycles. The topological polar surface area (TPSA) is 120 Å². The van der Waals surface area contributed by atoms with Crippen LogP contribution in [-0.4, -0.2) is 73.8 Å². The molecule has 0 atom stereocenters. The second kappa shape index (κ2) is 11.2. The maximum Gasteiger partial charge on any atom is 0.338 e. The number of fused-ring (bicyclic) bond motifs is 1. The molecule has 0 bridgehead atoms. The molecule has 2 aromatic rings. The number of ether oxygens (including phenoxy) is 2. The first-order valence-electron chi connectivity index (χ1n) is 13.5. The summed E-state index contributed by atoms with van der Waals surface area (Å²) in [6.45, 7) is 5.82. The summed E-state index contributed by atoms with van der Waals surface area (Å²) in [6, 6.07) is 5.93. The van der Waals surface area contributed by atoms with Gasteiger partial charge in [0.05, 0.1) is 34.0 Å². The highest BCUT2D eigenvalue weighted by Crippen LogP contribution is 2.37. The van der Waals surface area contributed by atoms with Gasteiger partial charge in [-0.15, -0.1) is 0 Å². The van der Waals surface area contributed by atoms with Gasteiger partial charge < -0.3 is 14.8 Å². The van der Waals surface area contributed by atoms with E-state index >= 15 is 0 Å². The van der Waals surface area contributed by atoms with Crippen LogP contribution >= 0.6 is 0 Å². The van der Waals surface area contributed by atoms with Crippen molar-refractivity contribution < 1.29 is 27.5 Å². The summed E-state index contributed by atoms with van der Waals surface area (Å²) >= 11 is 0. The third kappa shape index (κ3) is 5.37. The second-order valence-electron chi connectivity index (χ2n) is 10.4. The molecule has 3 aliphatic heterocycles. The van der Waals surface area contributed by atoms with Crippen molar-refractivity contribution in [2.45, 2.75) is 63.3 Å². The lowest BCUT2D eigenvalue weighted by molar-refractivity contribution is 0.0152. The number of nitrogens with one attached hydrogen (secondary N) is 1. The van der Waals surface area contributed by atoms with Gasteiger partial charge in [0.2, 0.25) is 10.0 Å². The van der Waals surface area contributed by atoms with Gasteiger partial charge in [0.15, 0.2) is 0 Å². The van der Waals surface area contributed by atoms with E-state index in [4.69, 9.17) is 14.6 Å². The fourth-order valence-corrected chi connectivity index (χ4v) is 7.18. The van der Waals surface area contributed by atoms with Crippen LogP contribution in [0.3, 0.4) is 0 Å². The summed E-state index contributed by atoms with van der Waals surface area (Å²) in [5, 5.41) is 7.86. The molecule has 10 nitrogen and oxygen atoms in total. The summed E-state index contributed by atoms with van der Waals surface area (Å²) in [7, 11) is -3.52. The number of benzene rings is 1. The molecule has 1 amide bonds. The quantitative estimate of drug-likeness (QED) is 0.401. The number of sulfonamides is 1. The average Bonchev–Trinajstić information content (AvgIpc) is 3.57. The fraction of sp³-hybridized carbons (Fsp3) is 0.593. The molecule has 1 aromatic heterocycles. The molecule has 1 aromatic carbocycles. The average molecular weight is 545 g/mol. The van der Waals surface area contributed by atoms with E-state index < -0.39 is 16.0 Å². The first-order chi connectivity index (χ1) is 18.3. The van der Waals surface area contributed by atoms with Gasteiger partial charge in [-0.2, -0.15) is 9.40 Å². The fourth-order valence-electron chi connectivity index (χ4n) is 5.66. The van der Waals surface area contributed by atoms with Gasteiger partial charge in [-0.25, -0.2) is 13.2 Å². The van der Waals surface area contributed by atoms with Crippen molar-refractivity contribution in [3.8, 4) is 0 Å². The molecule has 0 radical (unpaired) electrons. The lowest BCUT2D eigenvalue weighted by Crippen LogP contribution is -2.40. The number of esters is 1. The highest BCUT2D eigenvalue weighted by atomic mass is 32.2. The monoisotopic (exact) mass is 544 g/mol. The summed E-state index contributed by atoms with van der Waals surface area (Å²) in [6.07, 6.45) is 5.51. The Morgan fingerprint density at radius 3 is 2.55 bits per heavy atom. The van der Waals surface area contributed by atoms with Crippen LogP contribution in [0.5, 0.6) is 0 Å². The van der Waals surface area contributed by atoms with Crippen molar-refractivity contribution in [2.24, 2.45) is 5.41 Å². The number of carbonyl (C=O) groups excluding carboxylic acids is 2. The molecule has 0 unspecified atom stereocenters. The molecule has 1 N–H and O–H groups in total. The molecule has 5 rings (SSSR count). The Kier molecular flexibility index (Phi) is 7.88. The summed E-state index contributed by atoms with van der Waals surface area (Å²) in [5.41, 5.74) is 2.73. The zero-order valence-corrected chi connectivity index (χ0v) is 22.7. The Morgan fingerprint density at radius 1 is 1.16 bits per heavy atom. The van der Waals surface area contributed by atoms with Gasteiger partial charge in [-0.05, 0) is 68.2 Å². The molecule has 206 valence electrons. The molecule has 3 aliphatic rings. The first-order valence-corrected chi connectivity index (χ1v) is 15.0. The molecule has 11 heteroatoms. The summed E-state index contributed by atoms with van der Waals surface area (Å²) in [5.74, 6) is -0.558. The Morgan fingerprint density at radius 2 is 1.87 bits per heavy atom. The number of nitrogens with zero attached hydrogens (tertiary/aromatic N) is 3. The Bertz CT molecular complexity index is 1280. The molecule has 0 aliphatic carbocycles. The number of hydrogen-bond donors (Lipinski definition) is 1. The van der Waals surface area contributed by atoms with Gasteiger partial charge in [-0.1, -0.05) is 6.92 Å². The maximum absolute atomic E-state index is 13.0. The first kappa shape index (κ1) is 26.8. The van der Waals surface area contributed by atoms with E-state index in [1.54, 1.807) is 0 Å². The minimum absolute atomic E-state index is 0.0250. The van der Waals surface area contributed by atoms with Crippen LogP contribution in [0.4, 0.5) is 0 Å². The lowest BCUT2D eigenvalue weighted by atomic mass is 9.76. The van der Waals surface area contributed by atoms with Crippen molar-refractivity contribution in [3.05, 3.63) is 46.8 Å². The number of carbonyl (C=O) groups is 2. The number of aryl methyl sites for hydroxylation is 2. The number of amides is 1. The SMILES string of the molecule is CCc1nn(CCCOC(=O)c2ccc(S(=O)(=O)N3CCCC3)cc2)c2c1C(=O)NCC1(CCOCC1)C2. The van der Waals surface area contributed by atoms with Gasteiger partial charge >= 0.3 is 5.97 Å². The third-order valence-corrected chi connectivity index (χ3v) is 9.87. The largest absolute Gasteiger partial charge is 0.462 e. The van der Waals surface area contributed by atoms with Crippen molar-refractivity contribution in [2.75, 3.05) is 39.5 Å². The van der Waals surface area contributed by atoms with Crippen molar-refractivity contribution in [1.29, 1.82) is 0 Å². The smallest absolute Gasteiger partial charge is 0.338 e. The lowest BCUT2D eigenvalue weighted by Gasteiger charge is -2.36. The Hall–Kier alpha value is -2.76. The Balaban J connectivity index is 1.21. The second-order valence-corrected chi connectivity index (χ2v) is 12.4. The van der Waals surface area contributed by atoms with Crippen LogP contribution < -0.4 is 5.32 Å². The van der Waals surface area contributed by atoms with Crippen LogP contribution in [0.25, 0.3) is 0 Å². The van der Waals surface area contributed by atoms with E-state index in [0.29, 0.717) is 63.4 Å². The van der Waals surface area contributed by atoms with Gasteiger partial charge in [0.25, 0.3) is 5.91 Å². The molecular weight excluding hydrogens is 508 g/mol. The van der Waals surface area contributed by atoms with Crippen LogP contribution in [-0.2, 0) is 38.9 Å². The molecule has 0 saturated carbocycles. The number of hydrogen-bond acceptors (Lipinski definition) is 7. The molecule has 38 heavy (non-hydrogen) atoms. The van der Waals surface area contributed by atoms with Crippen molar-refractivity contribution in [1.82, 2.24) is 19.4 Å². The van der Waals surface area contributed by atoms with Gasteiger partial charge in [0, 0.05) is 45.8 Å². The van der Waals surface area contributed by atoms with E-state index in [1.165, 1.54) is 28.6 Å². The normalized spacial score (nSPS) is 19.7.